The molecule has 0 bridgehead atoms. The van der Waals surface area contributed by atoms with Gasteiger partial charge in [-0.3, -0.25) is 9.05 Å². The summed E-state index contributed by atoms with van der Waals surface area (Å²) < 4.78 is 38.0. The lowest BCUT2D eigenvalue weighted by molar-refractivity contribution is -0.137. The fourth-order valence-corrected chi connectivity index (χ4v) is 2.95. The van der Waals surface area contributed by atoms with Gasteiger partial charge < -0.3 is 14.0 Å². The smallest absolute Gasteiger partial charge is 0.493 e. The Morgan fingerprint density at radius 1 is 1.08 bits per heavy atom. The van der Waals surface area contributed by atoms with Crippen LogP contribution in [-0.4, -0.2) is 32.9 Å². The van der Waals surface area contributed by atoms with Gasteiger partial charge >= 0.3 is 13.8 Å². The predicted molar refractivity (Wildman–Crippen MR) is 90.1 cm³/mol. The molecule has 8 heteroatoms. The summed E-state index contributed by atoms with van der Waals surface area (Å²) in [5.41, 5.74) is 0.690. The Morgan fingerprint density at radius 2 is 1.75 bits per heavy atom. The van der Waals surface area contributed by atoms with Crippen LogP contribution in [0, 0.1) is 0 Å². The molecule has 0 aromatic heterocycles. The van der Waals surface area contributed by atoms with Crippen LogP contribution in [-0.2, 0) is 23.1 Å². The molecule has 24 heavy (non-hydrogen) atoms. The van der Waals surface area contributed by atoms with E-state index < -0.39 is 13.8 Å². The summed E-state index contributed by atoms with van der Waals surface area (Å²) in [4.78, 5) is 11.3. The zero-order chi connectivity index (χ0) is 18.0. The lowest BCUT2D eigenvalue weighted by Crippen LogP contribution is -2.03. The highest BCUT2D eigenvalue weighted by atomic mass is 31.2. The molecule has 0 unspecified atom stereocenters. The van der Waals surface area contributed by atoms with Gasteiger partial charge in [-0.2, -0.15) is 0 Å². The molecule has 0 radical (unpaired) electrons. The summed E-state index contributed by atoms with van der Waals surface area (Å²) >= 11 is 0. The summed E-state index contributed by atoms with van der Waals surface area (Å²) in [5, 5.41) is 0. The maximum Gasteiger partial charge on any atom is 0.530 e. The molecule has 0 atom stereocenters. The molecule has 0 N–H and O–H groups in total. The molecule has 0 aliphatic rings. The van der Waals surface area contributed by atoms with Crippen LogP contribution < -0.4 is 9.26 Å². The van der Waals surface area contributed by atoms with Gasteiger partial charge in [0, 0.05) is 6.08 Å². The Hall–Kier alpha value is -1.82. The minimum atomic E-state index is -3.71. The van der Waals surface area contributed by atoms with Gasteiger partial charge in [-0.1, -0.05) is 6.07 Å². The highest BCUT2D eigenvalue weighted by Gasteiger charge is 2.28. The molecule has 134 valence electrons. The second kappa shape index (κ2) is 10.1. The van der Waals surface area contributed by atoms with Crippen molar-refractivity contribution >= 4 is 19.9 Å². The van der Waals surface area contributed by atoms with E-state index in [-0.39, 0.29) is 19.0 Å². The Balaban J connectivity index is 2.97. The molecule has 0 aliphatic heterocycles. The van der Waals surface area contributed by atoms with E-state index >= 15 is 0 Å². The number of hydrogen-bond donors (Lipinski definition) is 0. The molecule has 7 nitrogen and oxygen atoms in total. The minimum Gasteiger partial charge on any atom is -0.493 e. The minimum absolute atomic E-state index is 0.181. The van der Waals surface area contributed by atoms with Crippen LogP contribution >= 0.6 is 7.82 Å². The summed E-state index contributed by atoms with van der Waals surface area (Å²) in [6.45, 7) is 5.78. The first kappa shape index (κ1) is 20.2. The van der Waals surface area contributed by atoms with E-state index in [9.17, 15) is 9.36 Å². The monoisotopic (exact) mass is 358 g/mol. The average Bonchev–Trinajstić information content (AvgIpc) is 2.54. The van der Waals surface area contributed by atoms with Crippen molar-refractivity contribution in [2.75, 3.05) is 26.9 Å². The topological polar surface area (TPSA) is 80.3 Å². The van der Waals surface area contributed by atoms with Crippen molar-refractivity contribution in [1.82, 2.24) is 0 Å². The fourth-order valence-electron chi connectivity index (χ4n) is 1.74. The van der Waals surface area contributed by atoms with Crippen LogP contribution in [0.25, 0.3) is 6.08 Å². The van der Waals surface area contributed by atoms with Gasteiger partial charge in [0.2, 0.25) is 0 Å². The van der Waals surface area contributed by atoms with Gasteiger partial charge in [0.15, 0.2) is 11.5 Å². The zero-order valence-electron chi connectivity index (χ0n) is 14.3. The van der Waals surface area contributed by atoms with Crippen molar-refractivity contribution in [3.05, 3.63) is 29.8 Å². The van der Waals surface area contributed by atoms with Gasteiger partial charge in [0.05, 0.1) is 26.9 Å². The maximum atomic E-state index is 12.4. The summed E-state index contributed by atoms with van der Waals surface area (Å²) in [6.07, 6.45) is 2.89. The number of ether oxygens (including phenoxy) is 2. The highest BCUT2D eigenvalue weighted by molar-refractivity contribution is 7.48. The molecule has 1 aromatic carbocycles. The number of methoxy groups -OCH3 is 1. The van der Waals surface area contributed by atoms with Crippen molar-refractivity contribution < 1.29 is 32.4 Å². The average molecular weight is 358 g/mol. The SMILES string of the molecule is CCOC(=O)/C=C/c1ccc(OP(=O)(OCC)OCC)c(OC)c1. The first-order valence-corrected chi connectivity index (χ1v) is 9.05. The normalized spacial score (nSPS) is 11.5. The Bertz CT molecular complexity index is 602. The third-order valence-corrected chi connectivity index (χ3v) is 4.24. The van der Waals surface area contributed by atoms with Gasteiger partial charge in [0.25, 0.3) is 0 Å². The third-order valence-electron chi connectivity index (χ3n) is 2.67. The van der Waals surface area contributed by atoms with Crippen molar-refractivity contribution in [1.29, 1.82) is 0 Å². The first-order valence-electron chi connectivity index (χ1n) is 7.59. The van der Waals surface area contributed by atoms with Crippen LogP contribution in [0.5, 0.6) is 11.5 Å². The molecular formula is C16H23O7P. The second-order valence-electron chi connectivity index (χ2n) is 4.37. The molecule has 0 saturated heterocycles. The van der Waals surface area contributed by atoms with E-state index in [0.29, 0.717) is 17.9 Å². The molecule has 0 saturated carbocycles. The number of esters is 1. The van der Waals surface area contributed by atoms with Crippen molar-refractivity contribution in [2.24, 2.45) is 0 Å². The number of phosphoric ester groups is 1. The first-order chi connectivity index (χ1) is 11.5. The predicted octanol–water partition coefficient (Wildman–Crippen LogP) is 3.83. The van der Waals surface area contributed by atoms with E-state index in [0.717, 1.165) is 0 Å². The van der Waals surface area contributed by atoms with Crippen molar-refractivity contribution in [3.63, 3.8) is 0 Å². The second-order valence-corrected chi connectivity index (χ2v) is 5.96. The van der Waals surface area contributed by atoms with Crippen LogP contribution in [0.3, 0.4) is 0 Å². The quantitative estimate of drug-likeness (QED) is 0.357. The van der Waals surface area contributed by atoms with E-state index in [4.69, 9.17) is 23.0 Å². The molecular weight excluding hydrogens is 335 g/mol. The Kier molecular flexibility index (Phi) is 8.54. The van der Waals surface area contributed by atoms with E-state index in [2.05, 4.69) is 0 Å². The standard InChI is InChI=1S/C16H23O7P/c1-5-20-16(17)11-9-13-8-10-14(15(12-13)19-4)23-24(18,21-6-2)22-7-3/h8-12H,5-7H2,1-4H3/b11-9+. The third kappa shape index (κ3) is 6.35. The molecule has 1 aromatic rings. The van der Waals surface area contributed by atoms with E-state index in [1.54, 1.807) is 45.0 Å². The molecule has 0 aliphatic carbocycles. The van der Waals surface area contributed by atoms with E-state index in [1.165, 1.54) is 13.2 Å². The number of phosphoric acid groups is 1. The lowest BCUT2D eigenvalue weighted by atomic mass is 10.2. The number of hydrogen-bond acceptors (Lipinski definition) is 7. The molecule has 0 fully saturated rings. The Morgan fingerprint density at radius 3 is 2.29 bits per heavy atom. The number of rotatable bonds is 10. The lowest BCUT2D eigenvalue weighted by Gasteiger charge is -2.18. The Labute approximate surface area is 142 Å². The van der Waals surface area contributed by atoms with Crippen LogP contribution in [0.2, 0.25) is 0 Å². The molecule has 0 spiro atoms. The van der Waals surface area contributed by atoms with Crippen molar-refractivity contribution in [2.45, 2.75) is 20.8 Å². The largest absolute Gasteiger partial charge is 0.530 e. The van der Waals surface area contributed by atoms with Gasteiger partial charge in [-0.25, -0.2) is 9.36 Å². The van der Waals surface area contributed by atoms with Gasteiger partial charge in [-0.05, 0) is 44.5 Å². The molecule has 1 rings (SSSR count). The van der Waals surface area contributed by atoms with E-state index in [1.807, 2.05) is 0 Å². The molecule has 0 amide bonds. The fraction of sp³-hybridized carbons (Fsp3) is 0.438. The highest BCUT2D eigenvalue weighted by Crippen LogP contribution is 2.51. The zero-order valence-corrected chi connectivity index (χ0v) is 15.2. The summed E-state index contributed by atoms with van der Waals surface area (Å²) in [6, 6.07) is 4.87. The maximum absolute atomic E-state index is 12.4. The molecule has 0 heterocycles. The number of carbonyl (C=O) groups excluding carboxylic acids is 1. The number of carbonyl (C=O) groups is 1. The van der Waals surface area contributed by atoms with Crippen molar-refractivity contribution in [3.8, 4) is 11.5 Å². The van der Waals surface area contributed by atoms with Crippen LogP contribution in [0.1, 0.15) is 26.3 Å². The van der Waals surface area contributed by atoms with Crippen LogP contribution in [0.15, 0.2) is 24.3 Å². The van der Waals surface area contributed by atoms with Gasteiger partial charge in [-0.15, -0.1) is 0 Å². The van der Waals surface area contributed by atoms with Gasteiger partial charge in [0.1, 0.15) is 0 Å². The van der Waals surface area contributed by atoms with Crippen LogP contribution in [0.4, 0.5) is 0 Å². The summed E-state index contributed by atoms with van der Waals surface area (Å²) in [7, 11) is -2.26. The summed E-state index contributed by atoms with van der Waals surface area (Å²) in [5.74, 6) is 0.116. The number of benzene rings is 1.